The van der Waals surface area contributed by atoms with E-state index in [1.54, 1.807) is 36.4 Å². The molecule has 0 aliphatic heterocycles. The van der Waals surface area contributed by atoms with Gasteiger partial charge < -0.3 is 14.8 Å². The van der Waals surface area contributed by atoms with Crippen molar-refractivity contribution in [1.82, 2.24) is 15.1 Å². The second-order valence-electron chi connectivity index (χ2n) is 6.82. The summed E-state index contributed by atoms with van der Waals surface area (Å²) in [5.74, 6) is 1.10. The van der Waals surface area contributed by atoms with E-state index in [4.69, 9.17) is 14.6 Å². The molecule has 0 aliphatic carbocycles. The van der Waals surface area contributed by atoms with Crippen molar-refractivity contribution in [2.45, 2.75) is 6.42 Å². The van der Waals surface area contributed by atoms with Crippen LogP contribution in [0.1, 0.15) is 15.2 Å². The van der Waals surface area contributed by atoms with Gasteiger partial charge in [-0.3, -0.25) is 4.79 Å². The number of benzene rings is 2. The van der Waals surface area contributed by atoms with Crippen molar-refractivity contribution in [2.75, 3.05) is 20.8 Å². The summed E-state index contributed by atoms with van der Waals surface area (Å²) in [7, 11) is 3.20. The van der Waals surface area contributed by atoms with E-state index in [1.165, 1.54) is 4.88 Å². The molecule has 0 atom stereocenters. The molecule has 0 saturated heterocycles. The number of nitrogens with one attached hydrogen (secondary N) is 1. The van der Waals surface area contributed by atoms with Crippen molar-refractivity contribution in [3.63, 3.8) is 0 Å². The number of nitrogens with zero attached hydrogens (tertiary/aromatic N) is 2. The molecule has 4 aromatic rings. The fourth-order valence-electron chi connectivity index (χ4n) is 3.30. The number of hydrogen-bond acceptors (Lipinski definition) is 5. The van der Waals surface area contributed by atoms with Crippen molar-refractivity contribution in [1.29, 1.82) is 0 Å². The molecular weight excluding hydrogens is 410 g/mol. The molecule has 0 spiro atoms. The minimum Gasteiger partial charge on any atom is -0.497 e. The third-order valence-corrected chi connectivity index (χ3v) is 5.81. The zero-order valence-corrected chi connectivity index (χ0v) is 18.2. The number of carbonyl (C=O) groups excluding carboxylic acids is 1. The van der Waals surface area contributed by atoms with Gasteiger partial charge in [-0.15, -0.1) is 11.3 Å². The van der Waals surface area contributed by atoms with Crippen molar-refractivity contribution in [2.24, 2.45) is 0 Å². The van der Waals surface area contributed by atoms with Gasteiger partial charge in [-0.25, -0.2) is 4.68 Å². The molecule has 0 aliphatic rings. The largest absolute Gasteiger partial charge is 0.497 e. The van der Waals surface area contributed by atoms with E-state index in [0.717, 1.165) is 12.1 Å². The van der Waals surface area contributed by atoms with Gasteiger partial charge in [0.2, 0.25) is 0 Å². The zero-order valence-electron chi connectivity index (χ0n) is 17.4. The van der Waals surface area contributed by atoms with Crippen LogP contribution in [0.2, 0.25) is 0 Å². The molecule has 1 amide bonds. The van der Waals surface area contributed by atoms with Crippen LogP contribution in [-0.4, -0.2) is 36.5 Å². The van der Waals surface area contributed by atoms with Crippen LogP contribution >= 0.6 is 11.3 Å². The highest BCUT2D eigenvalue weighted by Crippen LogP contribution is 2.35. The van der Waals surface area contributed by atoms with Crippen molar-refractivity contribution >= 4 is 17.2 Å². The summed E-state index contributed by atoms with van der Waals surface area (Å²) in [5.41, 5.74) is 2.57. The van der Waals surface area contributed by atoms with Gasteiger partial charge in [0.05, 0.1) is 25.5 Å². The second kappa shape index (κ2) is 9.49. The van der Waals surface area contributed by atoms with Crippen molar-refractivity contribution in [3.05, 3.63) is 82.7 Å². The summed E-state index contributed by atoms with van der Waals surface area (Å²) in [4.78, 5) is 14.4. The number of methoxy groups -OCH3 is 2. The number of para-hydroxylation sites is 1. The van der Waals surface area contributed by atoms with E-state index in [1.807, 2.05) is 60.0 Å². The number of carbonyl (C=O) groups is 1. The lowest BCUT2D eigenvalue weighted by atomic mass is 10.1. The molecule has 1 N–H and O–H groups in total. The van der Waals surface area contributed by atoms with Crippen LogP contribution in [0.15, 0.2) is 72.2 Å². The molecule has 2 aromatic heterocycles. The van der Waals surface area contributed by atoms with Gasteiger partial charge >= 0.3 is 0 Å². The third-order valence-electron chi connectivity index (χ3n) is 4.88. The summed E-state index contributed by atoms with van der Waals surface area (Å²) in [5, 5.41) is 9.79. The van der Waals surface area contributed by atoms with Gasteiger partial charge in [0.1, 0.15) is 17.2 Å². The van der Waals surface area contributed by atoms with E-state index in [9.17, 15) is 4.79 Å². The topological polar surface area (TPSA) is 65.4 Å². The van der Waals surface area contributed by atoms with E-state index in [-0.39, 0.29) is 5.91 Å². The van der Waals surface area contributed by atoms with Crippen LogP contribution in [0.4, 0.5) is 0 Å². The quantitative estimate of drug-likeness (QED) is 0.441. The number of rotatable bonds is 8. The molecule has 0 saturated carbocycles. The SMILES string of the molecule is COc1ccc(OC)c(-c2nn(-c3ccccc3)cc2C(=O)NCCc2cccs2)c1. The van der Waals surface area contributed by atoms with Gasteiger partial charge in [0, 0.05) is 23.2 Å². The van der Waals surface area contributed by atoms with Gasteiger partial charge in [-0.1, -0.05) is 24.3 Å². The van der Waals surface area contributed by atoms with Gasteiger partial charge in [0.25, 0.3) is 5.91 Å². The van der Waals surface area contributed by atoms with E-state index < -0.39 is 0 Å². The van der Waals surface area contributed by atoms with Crippen LogP contribution in [-0.2, 0) is 6.42 Å². The predicted octanol–water partition coefficient (Wildman–Crippen LogP) is 4.59. The molecule has 2 aromatic carbocycles. The standard InChI is InChI=1S/C24H23N3O3S/c1-29-18-10-11-22(30-2)20(15-18)23-21(16-27(26-23)17-7-4-3-5-8-17)24(28)25-13-12-19-9-6-14-31-19/h3-11,14-16H,12-13H2,1-2H3,(H,25,28). The normalized spacial score (nSPS) is 10.6. The summed E-state index contributed by atoms with van der Waals surface area (Å²) < 4.78 is 12.6. The Labute approximate surface area is 185 Å². The van der Waals surface area contributed by atoms with E-state index in [2.05, 4.69) is 11.4 Å². The number of hydrogen-bond donors (Lipinski definition) is 1. The smallest absolute Gasteiger partial charge is 0.255 e. The highest BCUT2D eigenvalue weighted by atomic mass is 32.1. The minimum absolute atomic E-state index is 0.182. The summed E-state index contributed by atoms with van der Waals surface area (Å²) in [6.07, 6.45) is 2.54. The van der Waals surface area contributed by atoms with Crippen LogP contribution in [0, 0.1) is 0 Å². The Balaban J connectivity index is 1.71. The Morgan fingerprint density at radius 3 is 2.61 bits per heavy atom. The maximum absolute atomic E-state index is 13.1. The molecule has 158 valence electrons. The average molecular weight is 434 g/mol. The van der Waals surface area contributed by atoms with Crippen molar-refractivity contribution < 1.29 is 14.3 Å². The predicted molar refractivity (Wildman–Crippen MR) is 122 cm³/mol. The molecule has 0 fully saturated rings. The lowest BCUT2D eigenvalue weighted by molar-refractivity contribution is 0.0955. The monoisotopic (exact) mass is 433 g/mol. The molecule has 0 bridgehead atoms. The Kier molecular flexibility index (Phi) is 6.33. The molecule has 2 heterocycles. The van der Waals surface area contributed by atoms with Crippen LogP contribution < -0.4 is 14.8 Å². The lowest BCUT2D eigenvalue weighted by Crippen LogP contribution is -2.25. The second-order valence-corrected chi connectivity index (χ2v) is 7.86. The summed E-state index contributed by atoms with van der Waals surface area (Å²) >= 11 is 1.68. The first-order valence-corrected chi connectivity index (χ1v) is 10.8. The summed E-state index contributed by atoms with van der Waals surface area (Å²) in [6.45, 7) is 0.546. The maximum Gasteiger partial charge on any atom is 0.255 e. The molecule has 0 radical (unpaired) electrons. The van der Waals surface area contributed by atoms with Crippen molar-refractivity contribution in [3.8, 4) is 28.4 Å². The Bertz CT molecular complexity index is 1150. The highest BCUT2D eigenvalue weighted by Gasteiger charge is 2.22. The first-order valence-electron chi connectivity index (χ1n) is 9.87. The summed E-state index contributed by atoms with van der Waals surface area (Å²) in [6, 6.07) is 19.2. The average Bonchev–Trinajstić information content (AvgIpc) is 3.49. The van der Waals surface area contributed by atoms with Crippen LogP contribution in [0.3, 0.4) is 0 Å². The Morgan fingerprint density at radius 1 is 1.06 bits per heavy atom. The molecule has 7 heteroatoms. The third kappa shape index (κ3) is 4.62. The maximum atomic E-state index is 13.1. The molecule has 0 unspecified atom stereocenters. The molecule has 31 heavy (non-hydrogen) atoms. The number of aromatic nitrogens is 2. The Hall–Kier alpha value is -3.58. The molecule has 4 rings (SSSR count). The van der Waals surface area contributed by atoms with E-state index in [0.29, 0.717) is 34.9 Å². The van der Waals surface area contributed by atoms with Crippen LogP contribution in [0.25, 0.3) is 16.9 Å². The lowest BCUT2D eigenvalue weighted by Gasteiger charge is -2.10. The Morgan fingerprint density at radius 2 is 1.90 bits per heavy atom. The van der Waals surface area contributed by atoms with E-state index >= 15 is 0 Å². The number of ether oxygens (including phenoxy) is 2. The number of thiophene rings is 1. The first-order chi connectivity index (χ1) is 15.2. The van der Waals surface area contributed by atoms with Gasteiger partial charge in [-0.05, 0) is 48.2 Å². The fraction of sp³-hybridized carbons (Fsp3) is 0.167. The highest BCUT2D eigenvalue weighted by molar-refractivity contribution is 7.09. The van der Waals surface area contributed by atoms with Crippen LogP contribution in [0.5, 0.6) is 11.5 Å². The first kappa shape index (κ1) is 20.7. The van der Waals surface area contributed by atoms with Gasteiger partial charge in [0.15, 0.2) is 0 Å². The molecular formula is C24H23N3O3S. The fourth-order valence-corrected chi connectivity index (χ4v) is 4.01. The molecule has 6 nitrogen and oxygen atoms in total. The minimum atomic E-state index is -0.182. The number of amides is 1. The zero-order chi connectivity index (χ0) is 21.6. The van der Waals surface area contributed by atoms with Gasteiger partial charge in [-0.2, -0.15) is 5.10 Å².